The molecule has 0 aliphatic rings. The number of carbonyl (C=O) groups is 1. The molecule has 1 amide bonds. The molecule has 0 atom stereocenters. The number of nitrogens with two attached hydrogens (primary N) is 1. The summed E-state index contributed by atoms with van der Waals surface area (Å²) in [6.07, 6.45) is 5.93. The average molecular weight is 467 g/mol. The summed E-state index contributed by atoms with van der Waals surface area (Å²) < 4.78 is 42.3. The number of halogens is 3. The van der Waals surface area contributed by atoms with Gasteiger partial charge in [-0.2, -0.15) is 5.10 Å². The molecule has 6 nitrogen and oxygen atoms in total. The van der Waals surface area contributed by atoms with Crippen LogP contribution in [0, 0.1) is 17.5 Å². The summed E-state index contributed by atoms with van der Waals surface area (Å²) >= 11 is 0. The van der Waals surface area contributed by atoms with E-state index in [1.54, 1.807) is 21.8 Å². The Morgan fingerprint density at radius 3 is 2.65 bits per heavy atom. The Kier molecular flexibility index (Phi) is 8.02. The Morgan fingerprint density at radius 1 is 1.15 bits per heavy atom. The van der Waals surface area contributed by atoms with E-state index >= 15 is 0 Å². The molecular formula is C25H24F3N5O. The average Bonchev–Trinajstić information content (AvgIpc) is 3.30. The first-order chi connectivity index (χ1) is 16.3. The molecule has 0 radical (unpaired) electrons. The number of hydrogen-bond donors (Lipinski definition) is 1. The Balaban J connectivity index is 1.76. The van der Waals surface area contributed by atoms with Crippen LogP contribution in [-0.2, 0) is 6.54 Å². The molecule has 1 aromatic heterocycles. The number of allylic oxidation sites excluding steroid dienone is 1. The molecule has 2 N–H and O–H groups in total. The highest BCUT2D eigenvalue weighted by Crippen LogP contribution is 2.22. The van der Waals surface area contributed by atoms with E-state index < -0.39 is 17.5 Å². The van der Waals surface area contributed by atoms with Gasteiger partial charge in [0.2, 0.25) is 0 Å². The Bertz CT molecular complexity index is 1250. The fourth-order valence-electron chi connectivity index (χ4n) is 3.29. The predicted octanol–water partition coefficient (Wildman–Crippen LogP) is 4.64. The number of amides is 1. The minimum atomic E-state index is -0.953. The molecule has 2 aromatic carbocycles. The van der Waals surface area contributed by atoms with Gasteiger partial charge in [-0.3, -0.25) is 14.5 Å². The van der Waals surface area contributed by atoms with Gasteiger partial charge in [-0.15, -0.1) is 0 Å². The summed E-state index contributed by atoms with van der Waals surface area (Å²) in [4.78, 5) is 18.9. The van der Waals surface area contributed by atoms with Crippen molar-refractivity contribution < 1.29 is 18.0 Å². The third kappa shape index (κ3) is 5.80. The van der Waals surface area contributed by atoms with Gasteiger partial charge in [0.1, 0.15) is 5.82 Å². The molecule has 0 spiro atoms. The van der Waals surface area contributed by atoms with Crippen molar-refractivity contribution in [3.63, 3.8) is 0 Å². The standard InChI is InChI=1S/C25H24F3N5O/c1-3-32(13-14-33-12-9-24(31-33)18-5-8-22(27)23(28)15-18)25(34)21-16-19(26)6-7-20(21)17(2)30-11-4-10-29/h4-12,15-16H,2-3,13-14,29H2,1H3/b10-4-,30-11?. The van der Waals surface area contributed by atoms with Crippen molar-refractivity contribution in [1.82, 2.24) is 14.7 Å². The van der Waals surface area contributed by atoms with Gasteiger partial charge >= 0.3 is 0 Å². The normalized spacial score (nSPS) is 11.4. The second-order valence-electron chi connectivity index (χ2n) is 7.28. The van der Waals surface area contributed by atoms with Crippen molar-refractivity contribution in [3.8, 4) is 11.3 Å². The first-order valence-electron chi connectivity index (χ1n) is 10.5. The van der Waals surface area contributed by atoms with Gasteiger partial charge in [0.25, 0.3) is 5.91 Å². The topological polar surface area (TPSA) is 76.5 Å². The summed E-state index contributed by atoms with van der Waals surface area (Å²) in [6, 6.07) is 9.10. The van der Waals surface area contributed by atoms with Crippen molar-refractivity contribution in [2.24, 2.45) is 10.7 Å². The van der Waals surface area contributed by atoms with Gasteiger partial charge in [-0.25, -0.2) is 13.2 Å². The van der Waals surface area contributed by atoms with E-state index in [4.69, 9.17) is 5.73 Å². The Hall–Kier alpha value is -4.14. The Morgan fingerprint density at radius 2 is 1.94 bits per heavy atom. The first kappa shape index (κ1) is 24.5. The molecule has 0 fully saturated rings. The van der Waals surface area contributed by atoms with Crippen molar-refractivity contribution >= 4 is 17.8 Å². The van der Waals surface area contributed by atoms with Crippen molar-refractivity contribution in [1.29, 1.82) is 0 Å². The van der Waals surface area contributed by atoms with Crippen LogP contribution in [0.1, 0.15) is 22.8 Å². The smallest absolute Gasteiger partial charge is 0.254 e. The lowest BCUT2D eigenvalue weighted by atomic mass is 10.0. The molecule has 3 rings (SSSR count). The van der Waals surface area contributed by atoms with Crippen molar-refractivity contribution in [3.05, 3.63) is 96.1 Å². The summed E-state index contributed by atoms with van der Waals surface area (Å²) in [7, 11) is 0. The lowest BCUT2D eigenvalue weighted by Crippen LogP contribution is -2.34. The monoisotopic (exact) mass is 467 g/mol. The minimum absolute atomic E-state index is 0.142. The van der Waals surface area contributed by atoms with Crippen LogP contribution in [0.5, 0.6) is 0 Å². The molecule has 9 heteroatoms. The molecule has 0 bridgehead atoms. The number of hydrogen-bond acceptors (Lipinski definition) is 4. The molecule has 0 saturated carbocycles. The molecule has 176 valence electrons. The van der Waals surface area contributed by atoms with Crippen LogP contribution in [0.2, 0.25) is 0 Å². The minimum Gasteiger partial charge on any atom is -0.405 e. The third-order valence-electron chi connectivity index (χ3n) is 5.07. The number of nitrogens with zero attached hydrogens (tertiary/aromatic N) is 4. The largest absolute Gasteiger partial charge is 0.405 e. The van der Waals surface area contributed by atoms with E-state index in [2.05, 4.69) is 16.7 Å². The number of benzene rings is 2. The summed E-state index contributed by atoms with van der Waals surface area (Å²) in [5.74, 6) is -2.81. The fraction of sp³-hybridized carbons (Fsp3) is 0.160. The Labute approximate surface area is 195 Å². The number of rotatable bonds is 9. The van der Waals surface area contributed by atoms with Gasteiger partial charge in [0.15, 0.2) is 11.6 Å². The van der Waals surface area contributed by atoms with Crippen LogP contribution < -0.4 is 5.73 Å². The van der Waals surface area contributed by atoms with Crippen LogP contribution in [0.3, 0.4) is 0 Å². The van der Waals surface area contributed by atoms with E-state index in [9.17, 15) is 18.0 Å². The van der Waals surface area contributed by atoms with Crippen LogP contribution >= 0.6 is 0 Å². The highest BCUT2D eigenvalue weighted by atomic mass is 19.2. The summed E-state index contributed by atoms with van der Waals surface area (Å²) in [5, 5.41) is 4.37. The van der Waals surface area contributed by atoms with Gasteiger partial charge in [-0.1, -0.05) is 6.58 Å². The molecule has 0 unspecified atom stereocenters. The maximum atomic E-state index is 14.0. The highest BCUT2D eigenvalue weighted by Gasteiger charge is 2.20. The molecule has 0 saturated heterocycles. The SMILES string of the molecule is C=C(N=C/C=C\N)c1ccc(F)cc1C(=O)N(CC)CCn1ccc(-c2ccc(F)c(F)c2)n1. The third-order valence-corrected chi connectivity index (χ3v) is 5.07. The number of aliphatic imine (C=N–C) groups is 1. The number of carbonyl (C=O) groups excluding carboxylic acids is 1. The predicted molar refractivity (Wildman–Crippen MR) is 126 cm³/mol. The molecule has 34 heavy (non-hydrogen) atoms. The van der Waals surface area contributed by atoms with Gasteiger partial charge < -0.3 is 10.6 Å². The summed E-state index contributed by atoms with van der Waals surface area (Å²) in [6.45, 7) is 6.67. The van der Waals surface area contributed by atoms with Crippen molar-refractivity contribution in [2.45, 2.75) is 13.5 Å². The molecule has 1 heterocycles. The number of aromatic nitrogens is 2. The van der Waals surface area contributed by atoms with Crippen LogP contribution in [0.25, 0.3) is 17.0 Å². The highest BCUT2D eigenvalue weighted by molar-refractivity contribution is 5.99. The zero-order chi connectivity index (χ0) is 24.7. The van der Waals surface area contributed by atoms with Gasteiger partial charge in [0, 0.05) is 36.6 Å². The van der Waals surface area contributed by atoms with Crippen molar-refractivity contribution in [2.75, 3.05) is 13.1 Å². The van der Waals surface area contributed by atoms with Crippen LogP contribution in [0.4, 0.5) is 13.2 Å². The van der Waals surface area contributed by atoms with E-state index in [-0.39, 0.29) is 18.0 Å². The second-order valence-corrected chi connectivity index (χ2v) is 7.28. The van der Waals surface area contributed by atoms with Gasteiger partial charge in [0.05, 0.1) is 23.5 Å². The molecule has 0 aliphatic carbocycles. The lowest BCUT2D eigenvalue weighted by Gasteiger charge is -2.22. The maximum Gasteiger partial charge on any atom is 0.254 e. The zero-order valence-corrected chi connectivity index (χ0v) is 18.6. The van der Waals surface area contributed by atoms with Crippen LogP contribution in [0.15, 0.2) is 72.5 Å². The first-order valence-corrected chi connectivity index (χ1v) is 10.5. The van der Waals surface area contributed by atoms with E-state index in [1.807, 2.05) is 6.92 Å². The fourth-order valence-corrected chi connectivity index (χ4v) is 3.29. The molecular weight excluding hydrogens is 443 g/mol. The second kappa shape index (κ2) is 11.1. The number of likely N-dealkylation sites (N-methyl/N-ethyl adjacent to an activating group) is 1. The maximum absolute atomic E-state index is 14.0. The quantitative estimate of drug-likeness (QED) is 0.466. The molecule has 3 aromatic rings. The summed E-state index contributed by atoms with van der Waals surface area (Å²) in [5.41, 5.74) is 7.04. The zero-order valence-electron chi connectivity index (χ0n) is 18.6. The van der Waals surface area contributed by atoms with Gasteiger partial charge in [-0.05, 0) is 61.7 Å². The van der Waals surface area contributed by atoms with E-state index in [0.29, 0.717) is 35.6 Å². The van der Waals surface area contributed by atoms with E-state index in [1.165, 1.54) is 36.7 Å². The molecule has 0 aliphatic heterocycles. The lowest BCUT2D eigenvalue weighted by molar-refractivity contribution is 0.0756. The van der Waals surface area contributed by atoms with Crippen LogP contribution in [-0.4, -0.2) is 39.9 Å². The van der Waals surface area contributed by atoms with E-state index in [0.717, 1.165) is 18.2 Å².